The van der Waals surface area contributed by atoms with Gasteiger partial charge in [0.15, 0.2) is 0 Å². The van der Waals surface area contributed by atoms with Crippen LogP contribution >= 0.6 is 11.8 Å². The third kappa shape index (κ3) is 2.49. The first-order valence-corrected chi connectivity index (χ1v) is 8.66. The molecule has 108 valence electrons. The summed E-state index contributed by atoms with van der Waals surface area (Å²) < 4.78 is 0. The summed E-state index contributed by atoms with van der Waals surface area (Å²) in [7, 11) is 0. The third-order valence-electron chi connectivity index (χ3n) is 4.31. The van der Waals surface area contributed by atoms with E-state index in [1.165, 1.54) is 0 Å². The number of fused-ring (bicyclic) bond motifs is 1. The van der Waals surface area contributed by atoms with E-state index < -0.39 is 0 Å². The molecule has 0 aliphatic carbocycles. The molecule has 0 spiro atoms. The van der Waals surface area contributed by atoms with Crippen molar-refractivity contribution in [3.8, 4) is 0 Å². The normalized spacial score (nSPS) is 28.8. The first-order chi connectivity index (χ1) is 9.15. The van der Waals surface area contributed by atoms with E-state index in [0.29, 0.717) is 0 Å². The second-order valence-corrected chi connectivity index (χ2v) is 6.29. The summed E-state index contributed by atoms with van der Waals surface area (Å²) in [5, 5.41) is 0. The molecule has 0 N–H and O–H groups in total. The maximum Gasteiger partial charge on any atom is 0.246 e. The molecular formula is C14H24N2O2S. The number of hydrogen-bond acceptors (Lipinski definition) is 3. The van der Waals surface area contributed by atoms with Gasteiger partial charge in [-0.1, -0.05) is 13.8 Å². The minimum Gasteiger partial charge on any atom is -0.329 e. The van der Waals surface area contributed by atoms with Crippen molar-refractivity contribution >= 4 is 23.6 Å². The highest BCUT2D eigenvalue weighted by Crippen LogP contribution is 2.30. The van der Waals surface area contributed by atoms with Gasteiger partial charge in [0, 0.05) is 18.3 Å². The molecule has 3 unspecified atom stereocenters. The molecule has 2 aliphatic heterocycles. The molecule has 0 aromatic carbocycles. The molecule has 2 aliphatic rings. The summed E-state index contributed by atoms with van der Waals surface area (Å²) in [4.78, 5) is 29.0. The molecule has 0 aromatic rings. The molecule has 2 heterocycles. The Balaban J connectivity index is 2.27. The van der Waals surface area contributed by atoms with Gasteiger partial charge in [-0.25, -0.2) is 0 Å². The van der Waals surface area contributed by atoms with Crippen LogP contribution in [0.25, 0.3) is 0 Å². The Kier molecular flexibility index (Phi) is 4.76. The van der Waals surface area contributed by atoms with Crippen molar-refractivity contribution in [1.29, 1.82) is 0 Å². The van der Waals surface area contributed by atoms with Gasteiger partial charge < -0.3 is 9.80 Å². The van der Waals surface area contributed by atoms with E-state index in [0.717, 1.165) is 38.0 Å². The Morgan fingerprint density at radius 2 is 2.05 bits per heavy atom. The predicted molar refractivity (Wildman–Crippen MR) is 78.1 cm³/mol. The number of nitrogens with zero attached hydrogens (tertiary/aromatic N) is 2. The Morgan fingerprint density at radius 3 is 2.63 bits per heavy atom. The Bertz CT molecular complexity index is 361. The summed E-state index contributed by atoms with van der Waals surface area (Å²) in [5.41, 5.74) is 0. The van der Waals surface area contributed by atoms with Crippen molar-refractivity contribution in [2.75, 3.05) is 18.6 Å². The molecule has 0 aromatic heterocycles. The van der Waals surface area contributed by atoms with Crippen molar-refractivity contribution in [2.45, 2.75) is 57.7 Å². The second kappa shape index (κ2) is 6.16. The smallest absolute Gasteiger partial charge is 0.246 e. The molecule has 4 nitrogen and oxygen atoms in total. The van der Waals surface area contributed by atoms with Gasteiger partial charge in [0.2, 0.25) is 11.8 Å². The van der Waals surface area contributed by atoms with Crippen LogP contribution < -0.4 is 0 Å². The zero-order valence-corrected chi connectivity index (χ0v) is 12.9. The Morgan fingerprint density at radius 1 is 1.32 bits per heavy atom. The van der Waals surface area contributed by atoms with Crippen molar-refractivity contribution in [3.63, 3.8) is 0 Å². The summed E-state index contributed by atoms with van der Waals surface area (Å²) >= 11 is 1.75. The molecule has 2 amide bonds. The quantitative estimate of drug-likeness (QED) is 0.772. The Labute approximate surface area is 119 Å². The highest BCUT2D eigenvalue weighted by molar-refractivity contribution is 7.98. The number of thioether (sulfide) groups is 1. The monoisotopic (exact) mass is 284 g/mol. The lowest BCUT2D eigenvalue weighted by Crippen LogP contribution is -2.65. The molecule has 5 heteroatoms. The van der Waals surface area contributed by atoms with Crippen molar-refractivity contribution < 1.29 is 9.59 Å². The number of amides is 2. The van der Waals surface area contributed by atoms with Crippen LogP contribution in [0.2, 0.25) is 0 Å². The van der Waals surface area contributed by atoms with Crippen molar-refractivity contribution in [2.24, 2.45) is 0 Å². The van der Waals surface area contributed by atoms with Crippen molar-refractivity contribution in [1.82, 2.24) is 9.80 Å². The first kappa shape index (κ1) is 14.7. The summed E-state index contributed by atoms with van der Waals surface area (Å²) in [5.74, 6) is 1.27. The van der Waals surface area contributed by atoms with E-state index in [-0.39, 0.29) is 29.9 Å². The first-order valence-electron chi connectivity index (χ1n) is 7.27. The highest BCUT2D eigenvalue weighted by Gasteiger charge is 2.48. The molecule has 2 rings (SSSR count). The minimum absolute atomic E-state index is 0.171. The topological polar surface area (TPSA) is 40.6 Å². The standard InChI is InChI=1S/C14H24N2O2S/c1-4-10(9-19-3)16-11(5-2)13(17)15-8-6-7-12(15)14(16)18/h10-12H,4-9H2,1-3H3. The third-order valence-corrected chi connectivity index (χ3v) is 5.02. The number of hydrogen-bond donors (Lipinski definition) is 0. The van der Waals surface area contributed by atoms with Gasteiger partial charge in [0.25, 0.3) is 0 Å². The number of carbonyl (C=O) groups excluding carboxylic acids is 2. The van der Waals surface area contributed by atoms with Gasteiger partial charge in [-0.15, -0.1) is 0 Å². The van der Waals surface area contributed by atoms with Crippen LogP contribution in [0.1, 0.15) is 39.5 Å². The van der Waals surface area contributed by atoms with Crippen LogP contribution in [0.4, 0.5) is 0 Å². The number of piperazine rings is 1. The molecule has 2 saturated heterocycles. The molecular weight excluding hydrogens is 260 g/mol. The lowest BCUT2D eigenvalue weighted by Gasteiger charge is -2.45. The molecule has 0 saturated carbocycles. The van der Waals surface area contributed by atoms with Crippen LogP contribution in [-0.2, 0) is 9.59 Å². The van der Waals surface area contributed by atoms with Crippen molar-refractivity contribution in [3.05, 3.63) is 0 Å². The predicted octanol–water partition coefficient (Wildman–Crippen LogP) is 1.74. The van der Waals surface area contributed by atoms with Crippen LogP contribution in [0.5, 0.6) is 0 Å². The number of rotatable bonds is 5. The maximum atomic E-state index is 12.7. The van der Waals surface area contributed by atoms with E-state index in [1.807, 2.05) is 16.7 Å². The molecule has 0 radical (unpaired) electrons. The SMILES string of the molecule is CCC(CSC)N1C(=O)C2CCCN2C(=O)C1CC. The van der Waals surface area contributed by atoms with E-state index in [9.17, 15) is 9.59 Å². The van der Waals surface area contributed by atoms with Crippen LogP contribution in [0.15, 0.2) is 0 Å². The van der Waals surface area contributed by atoms with Gasteiger partial charge in [-0.3, -0.25) is 9.59 Å². The van der Waals surface area contributed by atoms with E-state index >= 15 is 0 Å². The Hall–Kier alpha value is -0.710. The molecule has 3 atom stereocenters. The van der Waals surface area contributed by atoms with Gasteiger partial charge in [0.05, 0.1) is 0 Å². The zero-order chi connectivity index (χ0) is 14.0. The number of carbonyl (C=O) groups is 2. The lowest BCUT2D eigenvalue weighted by atomic mass is 10.00. The maximum absolute atomic E-state index is 12.7. The molecule has 2 fully saturated rings. The van der Waals surface area contributed by atoms with E-state index in [1.54, 1.807) is 11.8 Å². The van der Waals surface area contributed by atoms with Crippen LogP contribution in [0, 0.1) is 0 Å². The van der Waals surface area contributed by atoms with E-state index in [4.69, 9.17) is 0 Å². The fraction of sp³-hybridized carbons (Fsp3) is 0.857. The lowest BCUT2D eigenvalue weighted by molar-refractivity contribution is -0.161. The summed E-state index contributed by atoms with van der Waals surface area (Å²) in [6.07, 6.45) is 5.50. The van der Waals surface area contributed by atoms with Gasteiger partial charge in [0.1, 0.15) is 12.1 Å². The van der Waals surface area contributed by atoms with E-state index in [2.05, 4.69) is 13.2 Å². The highest BCUT2D eigenvalue weighted by atomic mass is 32.2. The van der Waals surface area contributed by atoms with Crippen LogP contribution in [-0.4, -0.2) is 58.3 Å². The van der Waals surface area contributed by atoms with Gasteiger partial charge >= 0.3 is 0 Å². The molecule has 0 bridgehead atoms. The summed E-state index contributed by atoms with van der Waals surface area (Å²) in [6.45, 7) is 4.87. The average molecular weight is 284 g/mol. The van der Waals surface area contributed by atoms with Gasteiger partial charge in [-0.2, -0.15) is 11.8 Å². The summed E-state index contributed by atoms with van der Waals surface area (Å²) in [6, 6.07) is -0.218. The average Bonchev–Trinajstić information content (AvgIpc) is 2.90. The fourth-order valence-corrected chi connectivity index (χ4v) is 4.10. The largest absolute Gasteiger partial charge is 0.329 e. The minimum atomic E-state index is -0.237. The zero-order valence-electron chi connectivity index (χ0n) is 12.1. The second-order valence-electron chi connectivity index (χ2n) is 5.38. The molecule has 19 heavy (non-hydrogen) atoms. The van der Waals surface area contributed by atoms with Gasteiger partial charge in [-0.05, 0) is 31.9 Å². The van der Waals surface area contributed by atoms with Crippen LogP contribution in [0.3, 0.4) is 0 Å². The fourth-order valence-electron chi connectivity index (χ4n) is 3.32.